The largest absolute Gasteiger partial charge is 0.465 e. The average Bonchev–Trinajstić information content (AvgIpc) is 2.35. The molecule has 0 bridgehead atoms. The number of amidine groups is 1. The summed E-state index contributed by atoms with van der Waals surface area (Å²) in [6.07, 6.45) is 0.0966. The molecule has 1 rings (SSSR count). The molecule has 5 nitrogen and oxygen atoms in total. The normalized spacial score (nSPS) is 8.33. The monoisotopic (exact) mass is 190 g/mol. The molecule has 0 unspecified atom stereocenters. The zero-order valence-electron chi connectivity index (χ0n) is 5.90. The van der Waals surface area contributed by atoms with E-state index in [9.17, 15) is 4.79 Å². The first-order valence-electron chi connectivity index (χ1n) is 2.82. The Bertz CT molecular complexity index is 270. The summed E-state index contributed by atoms with van der Waals surface area (Å²) in [5, 5.41) is 17.1. The van der Waals surface area contributed by atoms with Crippen LogP contribution in [0.25, 0.3) is 0 Å². The second kappa shape index (κ2) is 4.40. The number of hydrogen-bond donors (Lipinski definition) is 3. The van der Waals surface area contributed by atoms with Gasteiger partial charge in [-0.2, -0.15) is 0 Å². The van der Waals surface area contributed by atoms with Crippen LogP contribution in [0.5, 0.6) is 0 Å². The van der Waals surface area contributed by atoms with Gasteiger partial charge in [-0.05, 0) is 12.1 Å². The van der Waals surface area contributed by atoms with Crippen LogP contribution < -0.4 is 5.32 Å². The average molecular weight is 191 g/mol. The molecule has 0 aliphatic carbocycles. The fraction of sp³-hybridized carbons (Fsp3) is 0. The molecule has 0 saturated heterocycles. The van der Waals surface area contributed by atoms with E-state index in [0.717, 1.165) is 0 Å². The van der Waals surface area contributed by atoms with Crippen molar-refractivity contribution in [2.75, 3.05) is 0 Å². The highest BCUT2D eigenvalue weighted by Gasteiger charge is 2.05. The van der Waals surface area contributed by atoms with E-state index in [1.165, 1.54) is 12.3 Å². The van der Waals surface area contributed by atoms with Gasteiger partial charge >= 0.3 is 6.09 Å². The Hall–Kier alpha value is -1.49. The third-order valence-corrected chi connectivity index (χ3v) is 1.000. The third-order valence-electron chi connectivity index (χ3n) is 1.000. The molecule has 0 atom stereocenters. The van der Waals surface area contributed by atoms with Crippen LogP contribution in [0.15, 0.2) is 22.8 Å². The van der Waals surface area contributed by atoms with Gasteiger partial charge in [0.15, 0.2) is 11.6 Å². The Labute approximate surface area is 74.3 Å². The Balaban J connectivity index is 0.00000121. The van der Waals surface area contributed by atoms with Crippen LogP contribution in [-0.2, 0) is 0 Å². The van der Waals surface area contributed by atoms with Crippen LogP contribution in [0, 0.1) is 5.41 Å². The quantitative estimate of drug-likeness (QED) is 0.461. The zero-order valence-corrected chi connectivity index (χ0v) is 6.72. The molecule has 0 aromatic carbocycles. The molecule has 0 spiro atoms. The van der Waals surface area contributed by atoms with Crippen molar-refractivity contribution in [2.24, 2.45) is 0 Å². The van der Waals surface area contributed by atoms with Crippen molar-refractivity contribution in [1.82, 2.24) is 5.32 Å². The molecule has 12 heavy (non-hydrogen) atoms. The van der Waals surface area contributed by atoms with Gasteiger partial charge in [0, 0.05) is 0 Å². The van der Waals surface area contributed by atoms with Crippen molar-refractivity contribution in [3.05, 3.63) is 24.2 Å². The van der Waals surface area contributed by atoms with Crippen LogP contribution in [0.1, 0.15) is 5.76 Å². The molecule has 1 amide bonds. The molecule has 0 fully saturated rings. The number of halogens is 1. The number of hydrogen-bond acceptors (Lipinski definition) is 3. The fourth-order valence-electron chi connectivity index (χ4n) is 0.589. The van der Waals surface area contributed by atoms with Gasteiger partial charge in [0.2, 0.25) is 0 Å². The predicted molar refractivity (Wildman–Crippen MR) is 43.9 cm³/mol. The first kappa shape index (κ1) is 10.5. The van der Waals surface area contributed by atoms with Gasteiger partial charge < -0.3 is 9.52 Å². The van der Waals surface area contributed by atoms with Crippen LogP contribution in [-0.4, -0.2) is 17.0 Å². The molecule has 0 aliphatic rings. The highest BCUT2D eigenvalue weighted by atomic mass is 35.5. The molecule has 1 aromatic rings. The van der Waals surface area contributed by atoms with Crippen molar-refractivity contribution in [1.29, 1.82) is 5.41 Å². The summed E-state index contributed by atoms with van der Waals surface area (Å²) in [7, 11) is 0. The SMILES string of the molecule is Cl.N=C(NC(=O)O)c1ccco1. The molecule has 1 aromatic heterocycles. The van der Waals surface area contributed by atoms with Crippen LogP contribution in [0.4, 0.5) is 4.79 Å². The van der Waals surface area contributed by atoms with Crippen molar-refractivity contribution in [2.45, 2.75) is 0 Å². The number of amides is 1. The van der Waals surface area contributed by atoms with Gasteiger partial charge in [0.25, 0.3) is 0 Å². The summed E-state index contributed by atoms with van der Waals surface area (Å²) in [5.74, 6) is -0.0603. The summed E-state index contributed by atoms with van der Waals surface area (Å²) in [4.78, 5) is 10.0. The molecule has 6 heteroatoms. The molecule has 0 radical (unpaired) electrons. The molecule has 0 aliphatic heterocycles. The third kappa shape index (κ3) is 2.63. The minimum absolute atomic E-state index is 0. The lowest BCUT2D eigenvalue weighted by atomic mass is 10.4. The topological polar surface area (TPSA) is 86.3 Å². The maximum atomic E-state index is 10.0. The predicted octanol–water partition coefficient (Wildman–Crippen LogP) is 1.29. The molecular formula is C6H7ClN2O3. The Morgan fingerprint density at radius 3 is 2.75 bits per heavy atom. The van der Waals surface area contributed by atoms with E-state index in [-0.39, 0.29) is 24.0 Å². The highest BCUT2D eigenvalue weighted by Crippen LogP contribution is 1.98. The van der Waals surface area contributed by atoms with Crippen LogP contribution in [0.3, 0.4) is 0 Å². The van der Waals surface area contributed by atoms with Crippen molar-refractivity contribution < 1.29 is 14.3 Å². The maximum absolute atomic E-state index is 10.0. The van der Waals surface area contributed by atoms with Crippen molar-refractivity contribution in [3.63, 3.8) is 0 Å². The summed E-state index contributed by atoms with van der Waals surface area (Å²) in [6.45, 7) is 0. The second-order valence-electron chi connectivity index (χ2n) is 1.78. The minimum atomic E-state index is -1.27. The lowest BCUT2D eigenvalue weighted by Gasteiger charge is -1.96. The van der Waals surface area contributed by atoms with Gasteiger partial charge in [0.05, 0.1) is 6.26 Å². The lowest BCUT2D eigenvalue weighted by Crippen LogP contribution is -2.28. The van der Waals surface area contributed by atoms with E-state index in [4.69, 9.17) is 14.9 Å². The minimum Gasteiger partial charge on any atom is -0.465 e. The van der Waals surface area contributed by atoms with E-state index in [2.05, 4.69) is 0 Å². The first-order chi connectivity index (χ1) is 5.20. The first-order valence-corrected chi connectivity index (χ1v) is 2.82. The summed E-state index contributed by atoms with van der Waals surface area (Å²) >= 11 is 0. The standard InChI is InChI=1S/C6H6N2O3.ClH/c7-5(8-6(9)10)4-2-1-3-11-4;/h1-3H,(H2,7,8)(H,9,10);1H. The number of carbonyl (C=O) groups is 1. The summed E-state index contributed by atoms with van der Waals surface area (Å²) in [6, 6.07) is 3.08. The van der Waals surface area contributed by atoms with Gasteiger partial charge in [-0.1, -0.05) is 0 Å². The van der Waals surface area contributed by atoms with E-state index in [1.54, 1.807) is 6.07 Å². The number of carboxylic acid groups (broad SMARTS) is 1. The fourth-order valence-corrected chi connectivity index (χ4v) is 0.589. The van der Waals surface area contributed by atoms with Crippen LogP contribution in [0.2, 0.25) is 0 Å². The van der Waals surface area contributed by atoms with Crippen molar-refractivity contribution in [3.8, 4) is 0 Å². The number of rotatable bonds is 1. The Kier molecular flexibility index (Phi) is 3.85. The summed E-state index contributed by atoms with van der Waals surface area (Å²) < 4.78 is 4.75. The smallest absolute Gasteiger partial charge is 0.410 e. The lowest BCUT2D eigenvalue weighted by molar-refractivity contribution is 0.200. The highest BCUT2D eigenvalue weighted by molar-refractivity contribution is 6.02. The van der Waals surface area contributed by atoms with E-state index >= 15 is 0 Å². The van der Waals surface area contributed by atoms with Gasteiger partial charge in [0.1, 0.15) is 0 Å². The summed E-state index contributed by atoms with van der Waals surface area (Å²) in [5.41, 5.74) is 0. The molecule has 3 N–H and O–H groups in total. The Morgan fingerprint density at radius 1 is 1.67 bits per heavy atom. The van der Waals surface area contributed by atoms with Crippen LogP contribution >= 0.6 is 12.4 Å². The molecule has 66 valence electrons. The number of nitrogens with one attached hydrogen (secondary N) is 2. The molecule has 1 heterocycles. The van der Waals surface area contributed by atoms with E-state index in [1.807, 2.05) is 5.32 Å². The van der Waals surface area contributed by atoms with Gasteiger partial charge in [-0.15, -0.1) is 12.4 Å². The molecular weight excluding hydrogens is 184 g/mol. The second-order valence-corrected chi connectivity index (χ2v) is 1.78. The van der Waals surface area contributed by atoms with Crippen molar-refractivity contribution >= 4 is 24.3 Å². The Morgan fingerprint density at radius 2 is 2.33 bits per heavy atom. The van der Waals surface area contributed by atoms with E-state index in [0.29, 0.717) is 0 Å². The van der Waals surface area contributed by atoms with E-state index < -0.39 is 6.09 Å². The zero-order chi connectivity index (χ0) is 8.27. The van der Waals surface area contributed by atoms with Gasteiger partial charge in [-0.3, -0.25) is 10.7 Å². The number of furan rings is 1. The molecule has 0 saturated carbocycles. The van der Waals surface area contributed by atoms with Gasteiger partial charge in [-0.25, -0.2) is 4.79 Å². The maximum Gasteiger partial charge on any atom is 0.410 e.